The first-order valence-corrected chi connectivity index (χ1v) is 11.8. The molecule has 0 aromatic rings. The lowest BCUT2D eigenvalue weighted by molar-refractivity contribution is -0.139. The number of nitrogens with zero attached hydrogens (tertiary/aromatic N) is 4. The Balaban J connectivity index is 1.46. The Morgan fingerprint density at radius 3 is 1.24 bits per heavy atom. The fourth-order valence-corrected chi connectivity index (χ4v) is 5.55. The summed E-state index contributed by atoms with van der Waals surface area (Å²) >= 11 is 0. The molecule has 1 saturated heterocycles. The van der Waals surface area contributed by atoms with E-state index in [0.717, 1.165) is 70.9 Å². The van der Waals surface area contributed by atoms with Gasteiger partial charge in [-0.15, -0.1) is 0 Å². The van der Waals surface area contributed by atoms with Crippen LogP contribution in [0.15, 0.2) is 0 Å². The highest BCUT2D eigenvalue weighted by molar-refractivity contribution is 5.80. The van der Waals surface area contributed by atoms with E-state index < -0.39 is 0 Å². The molecule has 166 valence electrons. The van der Waals surface area contributed by atoms with Crippen LogP contribution in [0.3, 0.4) is 0 Å². The number of carbonyl (C=O) groups is 2. The zero-order valence-corrected chi connectivity index (χ0v) is 19.1. The van der Waals surface area contributed by atoms with E-state index in [2.05, 4.69) is 47.8 Å². The number of hydrogen-bond donors (Lipinski definition) is 0. The molecule has 3 fully saturated rings. The molecular formula is C23H42N4O2. The number of carbonyl (C=O) groups excluding carboxylic acids is 2. The Bertz CT molecular complexity index is 501. The molecular weight excluding hydrogens is 364 g/mol. The van der Waals surface area contributed by atoms with Crippen molar-refractivity contribution in [2.45, 2.75) is 69.9 Å². The summed E-state index contributed by atoms with van der Waals surface area (Å²) in [5.41, 5.74) is 0. The van der Waals surface area contributed by atoms with Gasteiger partial charge in [0.15, 0.2) is 0 Å². The van der Waals surface area contributed by atoms with E-state index in [4.69, 9.17) is 0 Å². The van der Waals surface area contributed by atoms with Crippen LogP contribution >= 0.6 is 0 Å². The van der Waals surface area contributed by atoms with E-state index in [1.807, 2.05) is 0 Å². The van der Waals surface area contributed by atoms with Gasteiger partial charge in [0.05, 0.1) is 0 Å². The molecule has 29 heavy (non-hydrogen) atoms. The van der Waals surface area contributed by atoms with E-state index in [1.54, 1.807) is 0 Å². The molecule has 0 N–H and O–H groups in total. The lowest BCUT2D eigenvalue weighted by atomic mass is 9.84. The quantitative estimate of drug-likeness (QED) is 0.719. The van der Waals surface area contributed by atoms with Crippen molar-refractivity contribution in [2.24, 2.45) is 11.8 Å². The summed E-state index contributed by atoms with van der Waals surface area (Å²) in [6, 6.07) is 1.25. The Labute approximate surface area is 177 Å². The first-order chi connectivity index (χ1) is 13.9. The summed E-state index contributed by atoms with van der Waals surface area (Å²) < 4.78 is 0. The van der Waals surface area contributed by atoms with Crippen LogP contribution in [0.1, 0.15) is 57.8 Å². The standard InChI is InChI=1S/C23H42N4O2/c1-24(2)20-10-6-18(7-11-20)22(28)26-14-5-15-27(17-16-26)23(29)19-8-12-21(13-9-19)25(3)4/h18-21H,5-17H2,1-4H3. The van der Waals surface area contributed by atoms with Gasteiger partial charge in [-0.3, -0.25) is 9.59 Å². The fraction of sp³-hybridized carbons (Fsp3) is 0.913. The molecule has 0 aromatic heterocycles. The van der Waals surface area contributed by atoms with Crippen LogP contribution in [-0.4, -0.2) is 97.9 Å². The van der Waals surface area contributed by atoms with E-state index >= 15 is 0 Å². The van der Waals surface area contributed by atoms with Gasteiger partial charge in [0.25, 0.3) is 0 Å². The molecule has 2 amide bonds. The second-order valence-electron chi connectivity index (χ2n) is 9.94. The molecule has 2 aliphatic carbocycles. The SMILES string of the molecule is CN(C)C1CCC(C(=O)N2CCCN(C(=O)C3CCC(N(C)C)CC3)CC2)CC1. The first kappa shape index (κ1) is 22.5. The Morgan fingerprint density at radius 2 is 0.931 bits per heavy atom. The summed E-state index contributed by atoms with van der Waals surface area (Å²) in [5.74, 6) is 1.05. The van der Waals surface area contributed by atoms with Gasteiger partial charge in [-0.1, -0.05) is 0 Å². The summed E-state index contributed by atoms with van der Waals surface area (Å²) in [7, 11) is 8.56. The maximum atomic E-state index is 13.1. The minimum absolute atomic E-state index is 0.190. The summed E-state index contributed by atoms with van der Waals surface area (Å²) in [4.78, 5) is 34.8. The molecule has 1 heterocycles. The van der Waals surface area contributed by atoms with Crippen LogP contribution in [0, 0.1) is 11.8 Å². The van der Waals surface area contributed by atoms with Crippen LogP contribution in [0.4, 0.5) is 0 Å². The smallest absolute Gasteiger partial charge is 0.225 e. The summed E-state index contributed by atoms with van der Waals surface area (Å²) in [6.07, 6.45) is 9.44. The van der Waals surface area contributed by atoms with Gasteiger partial charge in [-0.05, 0) is 86.0 Å². The van der Waals surface area contributed by atoms with Gasteiger partial charge < -0.3 is 19.6 Å². The Kier molecular flexibility index (Phi) is 7.97. The zero-order chi connectivity index (χ0) is 21.0. The topological polar surface area (TPSA) is 47.1 Å². The number of hydrogen-bond acceptors (Lipinski definition) is 4. The third kappa shape index (κ3) is 5.72. The molecule has 6 nitrogen and oxygen atoms in total. The molecule has 3 rings (SSSR count). The van der Waals surface area contributed by atoms with Gasteiger partial charge in [-0.25, -0.2) is 0 Å². The van der Waals surface area contributed by atoms with Crippen molar-refractivity contribution in [3.63, 3.8) is 0 Å². The zero-order valence-electron chi connectivity index (χ0n) is 19.1. The van der Waals surface area contributed by atoms with E-state index in [1.165, 1.54) is 0 Å². The van der Waals surface area contributed by atoms with Crippen molar-refractivity contribution in [1.82, 2.24) is 19.6 Å². The van der Waals surface area contributed by atoms with Crippen LogP contribution < -0.4 is 0 Å². The molecule has 0 radical (unpaired) electrons. The van der Waals surface area contributed by atoms with E-state index in [-0.39, 0.29) is 11.8 Å². The Hall–Kier alpha value is -1.14. The van der Waals surface area contributed by atoms with Gasteiger partial charge in [0.2, 0.25) is 11.8 Å². The van der Waals surface area contributed by atoms with Gasteiger partial charge in [0.1, 0.15) is 0 Å². The molecule has 0 bridgehead atoms. The van der Waals surface area contributed by atoms with Crippen molar-refractivity contribution in [1.29, 1.82) is 0 Å². The van der Waals surface area contributed by atoms with Crippen LogP contribution in [0.2, 0.25) is 0 Å². The molecule has 0 unspecified atom stereocenters. The molecule has 0 spiro atoms. The maximum absolute atomic E-state index is 13.1. The third-order valence-corrected chi connectivity index (χ3v) is 7.67. The van der Waals surface area contributed by atoms with Crippen molar-refractivity contribution < 1.29 is 9.59 Å². The van der Waals surface area contributed by atoms with Crippen molar-refractivity contribution in [3.8, 4) is 0 Å². The average Bonchev–Trinajstić information content (AvgIpc) is 2.99. The van der Waals surface area contributed by atoms with Crippen LogP contribution in [0.5, 0.6) is 0 Å². The largest absolute Gasteiger partial charge is 0.341 e. The van der Waals surface area contributed by atoms with Gasteiger partial charge in [-0.2, -0.15) is 0 Å². The molecule has 0 atom stereocenters. The molecule has 2 saturated carbocycles. The summed E-state index contributed by atoms with van der Waals surface area (Å²) in [6.45, 7) is 3.05. The second-order valence-corrected chi connectivity index (χ2v) is 9.94. The lowest BCUT2D eigenvalue weighted by Gasteiger charge is -2.35. The molecule has 6 heteroatoms. The predicted octanol–water partition coefficient (Wildman–Crippen LogP) is 2.29. The molecule has 1 aliphatic heterocycles. The minimum Gasteiger partial charge on any atom is -0.341 e. The minimum atomic E-state index is 0.190. The molecule has 3 aliphatic rings. The highest BCUT2D eigenvalue weighted by atomic mass is 16.2. The highest BCUT2D eigenvalue weighted by Gasteiger charge is 2.33. The lowest BCUT2D eigenvalue weighted by Crippen LogP contribution is -2.44. The molecule has 0 aromatic carbocycles. The predicted molar refractivity (Wildman–Crippen MR) is 117 cm³/mol. The Morgan fingerprint density at radius 1 is 0.586 bits per heavy atom. The number of amides is 2. The van der Waals surface area contributed by atoms with Gasteiger partial charge >= 0.3 is 0 Å². The van der Waals surface area contributed by atoms with Crippen molar-refractivity contribution in [3.05, 3.63) is 0 Å². The fourth-order valence-electron chi connectivity index (χ4n) is 5.55. The highest BCUT2D eigenvalue weighted by Crippen LogP contribution is 2.30. The monoisotopic (exact) mass is 406 g/mol. The van der Waals surface area contributed by atoms with Crippen molar-refractivity contribution in [2.75, 3.05) is 54.4 Å². The van der Waals surface area contributed by atoms with Gasteiger partial charge in [0, 0.05) is 50.1 Å². The summed E-state index contributed by atoms with van der Waals surface area (Å²) in [5, 5.41) is 0. The maximum Gasteiger partial charge on any atom is 0.225 e. The van der Waals surface area contributed by atoms with Crippen molar-refractivity contribution >= 4 is 11.8 Å². The average molecular weight is 407 g/mol. The van der Waals surface area contributed by atoms with E-state index in [9.17, 15) is 9.59 Å². The van der Waals surface area contributed by atoms with E-state index in [0.29, 0.717) is 37.0 Å². The van der Waals surface area contributed by atoms with Crippen LogP contribution in [-0.2, 0) is 9.59 Å². The third-order valence-electron chi connectivity index (χ3n) is 7.67. The van der Waals surface area contributed by atoms with Crippen LogP contribution in [0.25, 0.3) is 0 Å². The normalized spacial score (nSPS) is 31.8. The second kappa shape index (κ2) is 10.3. The first-order valence-electron chi connectivity index (χ1n) is 11.8. The number of rotatable bonds is 4.